The van der Waals surface area contributed by atoms with Gasteiger partial charge in [-0.3, -0.25) is 4.79 Å². The molecule has 0 aliphatic carbocycles. The third-order valence-electron chi connectivity index (χ3n) is 13.2. The van der Waals surface area contributed by atoms with E-state index in [-0.39, 0.29) is 12.5 Å². The van der Waals surface area contributed by atoms with Gasteiger partial charge in [0.05, 0.1) is 18.8 Å². The molecule has 0 aliphatic heterocycles. The van der Waals surface area contributed by atoms with Crippen LogP contribution in [0.15, 0.2) is 24.3 Å². The van der Waals surface area contributed by atoms with Crippen molar-refractivity contribution in [1.82, 2.24) is 5.32 Å². The first-order valence-corrected chi connectivity index (χ1v) is 28.1. The van der Waals surface area contributed by atoms with Crippen molar-refractivity contribution in [3.05, 3.63) is 24.3 Å². The highest BCUT2D eigenvalue weighted by Gasteiger charge is 2.18. The van der Waals surface area contributed by atoms with Crippen molar-refractivity contribution in [2.24, 2.45) is 0 Å². The normalized spacial score (nSPS) is 12.9. The second kappa shape index (κ2) is 53.2. The Hall–Kier alpha value is -1.13. The van der Waals surface area contributed by atoms with Crippen LogP contribution in [0.1, 0.15) is 316 Å². The smallest absolute Gasteiger partial charge is 0.220 e. The first kappa shape index (κ1) is 59.9. The van der Waals surface area contributed by atoms with Crippen LogP contribution < -0.4 is 5.32 Å². The topological polar surface area (TPSA) is 69.6 Å². The van der Waals surface area contributed by atoms with Crippen molar-refractivity contribution >= 4 is 5.91 Å². The minimum absolute atomic E-state index is 0.0618. The molecule has 0 aromatic carbocycles. The number of allylic oxidation sites excluding steroid dienone is 3. The molecule has 61 heavy (non-hydrogen) atoms. The van der Waals surface area contributed by atoms with E-state index < -0.39 is 12.1 Å². The molecule has 0 aromatic rings. The number of carbonyl (C=O) groups is 1. The van der Waals surface area contributed by atoms with E-state index in [9.17, 15) is 15.0 Å². The summed E-state index contributed by atoms with van der Waals surface area (Å²) in [6.07, 6.45) is 71.0. The van der Waals surface area contributed by atoms with Gasteiger partial charge in [-0.25, -0.2) is 0 Å². The number of hydrogen-bond acceptors (Lipinski definition) is 3. The lowest BCUT2D eigenvalue weighted by molar-refractivity contribution is -0.123. The Morgan fingerprint density at radius 1 is 0.377 bits per heavy atom. The van der Waals surface area contributed by atoms with E-state index in [1.807, 2.05) is 6.08 Å². The Morgan fingerprint density at radius 3 is 0.902 bits per heavy atom. The van der Waals surface area contributed by atoms with Crippen LogP contribution in [0, 0.1) is 0 Å². The molecule has 362 valence electrons. The van der Waals surface area contributed by atoms with Gasteiger partial charge in [-0.2, -0.15) is 0 Å². The fraction of sp³-hybridized carbons (Fsp3) is 0.912. The van der Waals surface area contributed by atoms with E-state index in [0.29, 0.717) is 6.42 Å². The standard InChI is InChI=1S/C57H111NO3/c1-3-5-7-9-11-13-14-15-16-17-18-19-20-21-22-23-24-25-26-27-28-29-30-31-32-33-34-35-36-37-38-39-40-41-42-43-44-45-47-49-51-53-57(61)58-55(54-59)56(60)52-50-48-46-12-10-8-6-4-2/h17-18,50,52,55-56,59-60H,3-16,19-49,51,53-54H2,1-2H3,(H,58,61)/b18-17-,52-50+. The Balaban J connectivity index is 3.29. The summed E-state index contributed by atoms with van der Waals surface area (Å²) in [6, 6.07) is -0.616. The van der Waals surface area contributed by atoms with Crippen LogP contribution in [0.4, 0.5) is 0 Å². The van der Waals surface area contributed by atoms with E-state index in [2.05, 4.69) is 31.3 Å². The SMILES string of the molecule is CCCCCCCC/C=C/C(O)C(CO)NC(=O)CCCCCCCCCCCCCCCCCCCCCCCCCCCCCCC/C=C\CCCCCCCCCC. The summed E-state index contributed by atoms with van der Waals surface area (Å²) in [4.78, 5) is 12.4. The molecule has 0 saturated carbocycles. The summed E-state index contributed by atoms with van der Waals surface area (Å²) in [7, 11) is 0. The summed E-state index contributed by atoms with van der Waals surface area (Å²) in [6.45, 7) is 4.29. The van der Waals surface area contributed by atoms with E-state index in [0.717, 1.165) is 25.7 Å². The van der Waals surface area contributed by atoms with Gasteiger partial charge in [-0.1, -0.05) is 289 Å². The second-order valence-electron chi connectivity index (χ2n) is 19.4. The van der Waals surface area contributed by atoms with Gasteiger partial charge in [-0.05, 0) is 44.9 Å². The van der Waals surface area contributed by atoms with Crippen molar-refractivity contribution in [3.8, 4) is 0 Å². The molecule has 4 heteroatoms. The van der Waals surface area contributed by atoms with Crippen LogP contribution in [-0.2, 0) is 4.79 Å². The van der Waals surface area contributed by atoms with E-state index >= 15 is 0 Å². The van der Waals surface area contributed by atoms with Gasteiger partial charge in [0.25, 0.3) is 0 Å². The van der Waals surface area contributed by atoms with Crippen LogP contribution in [-0.4, -0.2) is 34.9 Å². The number of amides is 1. The monoisotopic (exact) mass is 858 g/mol. The van der Waals surface area contributed by atoms with Crippen molar-refractivity contribution in [3.63, 3.8) is 0 Å². The zero-order valence-corrected chi connectivity index (χ0v) is 41.7. The summed E-state index contributed by atoms with van der Waals surface area (Å²) in [5, 5.41) is 22.9. The van der Waals surface area contributed by atoms with Crippen molar-refractivity contribution in [2.45, 2.75) is 328 Å². The predicted molar refractivity (Wildman–Crippen MR) is 272 cm³/mol. The van der Waals surface area contributed by atoms with Crippen molar-refractivity contribution in [2.75, 3.05) is 6.61 Å². The zero-order chi connectivity index (χ0) is 44.2. The number of aliphatic hydroxyl groups excluding tert-OH is 2. The van der Waals surface area contributed by atoms with Crippen molar-refractivity contribution in [1.29, 1.82) is 0 Å². The number of unbranched alkanes of at least 4 members (excludes halogenated alkanes) is 43. The molecule has 0 rings (SSSR count). The Labute approximate surface area is 383 Å². The minimum Gasteiger partial charge on any atom is -0.394 e. The molecule has 0 fully saturated rings. The lowest BCUT2D eigenvalue weighted by Gasteiger charge is -2.20. The Bertz CT molecular complexity index is 886. The van der Waals surface area contributed by atoms with Crippen LogP contribution >= 0.6 is 0 Å². The van der Waals surface area contributed by atoms with Gasteiger partial charge in [0.15, 0.2) is 0 Å². The zero-order valence-electron chi connectivity index (χ0n) is 41.7. The quantitative estimate of drug-likeness (QED) is 0.0422. The number of aliphatic hydroxyl groups is 2. The molecule has 0 aromatic heterocycles. The molecule has 3 N–H and O–H groups in total. The Kier molecular flexibility index (Phi) is 52.2. The first-order chi connectivity index (χ1) is 30.2. The van der Waals surface area contributed by atoms with Gasteiger partial charge in [0.2, 0.25) is 5.91 Å². The summed E-state index contributed by atoms with van der Waals surface area (Å²) in [5.74, 6) is -0.0618. The summed E-state index contributed by atoms with van der Waals surface area (Å²) in [5.41, 5.74) is 0. The Morgan fingerprint density at radius 2 is 0.623 bits per heavy atom. The highest BCUT2D eigenvalue weighted by molar-refractivity contribution is 5.76. The maximum Gasteiger partial charge on any atom is 0.220 e. The summed E-state index contributed by atoms with van der Waals surface area (Å²) >= 11 is 0. The van der Waals surface area contributed by atoms with Crippen molar-refractivity contribution < 1.29 is 15.0 Å². The third-order valence-corrected chi connectivity index (χ3v) is 13.2. The maximum absolute atomic E-state index is 12.4. The molecule has 0 saturated heterocycles. The van der Waals surface area contributed by atoms with E-state index in [1.165, 1.54) is 270 Å². The molecular formula is C57H111NO3. The molecule has 0 spiro atoms. The fourth-order valence-corrected chi connectivity index (χ4v) is 8.88. The van der Waals surface area contributed by atoms with E-state index in [4.69, 9.17) is 0 Å². The lowest BCUT2D eigenvalue weighted by Crippen LogP contribution is -2.45. The predicted octanol–water partition coefficient (Wildman–Crippen LogP) is 18.3. The molecule has 2 atom stereocenters. The van der Waals surface area contributed by atoms with Gasteiger partial charge in [0.1, 0.15) is 0 Å². The van der Waals surface area contributed by atoms with Gasteiger partial charge in [0, 0.05) is 6.42 Å². The second-order valence-corrected chi connectivity index (χ2v) is 19.4. The van der Waals surface area contributed by atoms with Crippen LogP contribution in [0.25, 0.3) is 0 Å². The third kappa shape index (κ3) is 49.7. The minimum atomic E-state index is -0.833. The molecule has 4 nitrogen and oxygen atoms in total. The number of nitrogens with one attached hydrogen (secondary N) is 1. The van der Waals surface area contributed by atoms with Crippen LogP contribution in [0.3, 0.4) is 0 Å². The average Bonchev–Trinajstić information content (AvgIpc) is 3.26. The lowest BCUT2D eigenvalue weighted by atomic mass is 10.0. The molecule has 2 unspecified atom stereocenters. The first-order valence-electron chi connectivity index (χ1n) is 28.1. The van der Waals surface area contributed by atoms with Crippen LogP contribution in [0.2, 0.25) is 0 Å². The highest BCUT2D eigenvalue weighted by Crippen LogP contribution is 2.18. The summed E-state index contributed by atoms with van der Waals surface area (Å²) < 4.78 is 0. The molecule has 0 bridgehead atoms. The van der Waals surface area contributed by atoms with E-state index in [1.54, 1.807) is 6.08 Å². The largest absolute Gasteiger partial charge is 0.394 e. The molecule has 0 radical (unpaired) electrons. The maximum atomic E-state index is 12.4. The highest BCUT2D eigenvalue weighted by atomic mass is 16.3. The molecule has 1 amide bonds. The number of hydrogen-bond donors (Lipinski definition) is 3. The molecule has 0 heterocycles. The molecular weight excluding hydrogens is 747 g/mol. The average molecular weight is 859 g/mol. The van der Waals surface area contributed by atoms with Gasteiger partial charge >= 0.3 is 0 Å². The van der Waals surface area contributed by atoms with Gasteiger partial charge < -0.3 is 15.5 Å². The van der Waals surface area contributed by atoms with Gasteiger partial charge in [-0.15, -0.1) is 0 Å². The number of rotatable bonds is 52. The fourth-order valence-electron chi connectivity index (χ4n) is 8.88. The number of carbonyl (C=O) groups excluding carboxylic acids is 1. The van der Waals surface area contributed by atoms with Crippen LogP contribution in [0.5, 0.6) is 0 Å². The molecule has 0 aliphatic rings.